The first-order valence-corrected chi connectivity index (χ1v) is 8.81. The number of amides is 2. The Morgan fingerprint density at radius 1 is 1.26 bits per heavy atom. The van der Waals surface area contributed by atoms with Crippen molar-refractivity contribution in [3.63, 3.8) is 0 Å². The lowest BCUT2D eigenvalue weighted by atomic mass is 9.97. The summed E-state index contributed by atoms with van der Waals surface area (Å²) in [5.74, 6) is 0.125. The van der Waals surface area contributed by atoms with E-state index in [9.17, 15) is 9.59 Å². The third kappa shape index (κ3) is 2.45. The summed E-state index contributed by atoms with van der Waals surface area (Å²) in [5, 5.41) is 4.97. The maximum atomic E-state index is 12.9. The van der Waals surface area contributed by atoms with Crippen LogP contribution in [0.4, 0.5) is 5.69 Å². The van der Waals surface area contributed by atoms with Gasteiger partial charge in [-0.3, -0.25) is 9.59 Å². The van der Waals surface area contributed by atoms with E-state index >= 15 is 0 Å². The van der Waals surface area contributed by atoms with Gasteiger partial charge in [0, 0.05) is 29.1 Å². The highest BCUT2D eigenvalue weighted by Crippen LogP contribution is 2.34. The van der Waals surface area contributed by atoms with E-state index in [0.29, 0.717) is 18.4 Å². The molecular formula is C18H18N2O2S. The van der Waals surface area contributed by atoms with Crippen molar-refractivity contribution in [1.82, 2.24) is 4.90 Å². The predicted molar refractivity (Wildman–Crippen MR) is 90.9 cm³/mol. The minimum Gasteiger partial charge on any atom is -0.331 e. The number of nitrogens with one attached hydrogen (secondary N) is 1. The number of aryl methyl sites for hydroxylation is 1. The topological polar surface area (TPSA) is 49.4 Å². The van der Waals surface area contributed by atoms with Crippen LogP contribution < -0.4 is 5.32 Å². The van der Waals surface area contributed by atoms with Gasteiger partial charge in [-0.05, 0) is 60.5 Å². The number of anilines is 1. The molecule has 0 saturated carbocycles. The molecule has 2 aliphatic rings. The first kappa shape index (κ1) is 14.5. The second-order valence-corrected chi connectivity index (χ2v) is 7.14. The zero-order valence-electron chi connectivity index (χ0n) is 13.0. The molecule has 2 aliphatic heterocycles. The zero-order chi connectivity index (χ0) is 16.0. The standard InChI is InChI=1S/C18H18N2O2S/c1-11-14-7-9-23-16(14)6-8-20(11)18(22)13-2-4-15-12(10-13)3-5-17(21)19-15/h2,4,7,9-11H,3,5-6,8H2,1H3,(H,19,21)/t11-/m0/s1. The number of fused-ring (bicyclic) bond motifs is 2. The van der Waals surface area contributed by atoms with Crippen molar-refractivity contribution < 1.29 is 9.59 Å². The van der Waals surface area contributed by atoms with Gasteiger partial charge in [-0.1, -0.05) is 0 Å². The van der Waals surface area contributed by atoms with Crippen molar-refractivity contribution >= 4 is 28.8 Å². The van der Waals surface area contributed by atoms with Gasteiger partial charge in [-0.15, -0.1) is 11.3 Å². The summed E-state index contributed by atoms with van der Waals surface area (Å²) in [7, 11) is 0. The highest BCUT2D eigenvalue weighted by Gasteiger charge is 2.29. The summed E-state index contributed by atoms with van der Waals surface area (Å²) in [4.78, 5) is 27.7. The smallest absolute Gasteiger partial charge is 0.254 e. The SMILES string of the molecule is C[C@H]1c2ccsc2CCN1C(=O)c1ccc2c(c1)CCC(=O)N2. The zero-order valence-corrected chi connectivity index (χ0v) is 13.8. The molecule has 0 bridgehead atoms. The number of carbonyl (C=O) groups is 2. The van der Waals surface area contributed by atoms with Crippen LogP contribution in [-0.4, -0.2) is 23.3 Å². The molecule has 2 aromatic rings. The van der Waals surface area contributed by atoms with Gasteiger partial charge in [0.15, 0.2) is 0 Å². The Kier molecular flexibility index (Phi) is 3.45. The van der Waals surface area contributed by atoms with Crippen LogP contribution in [0.2, 0.25) is 0 Å². The van der Waals surface area contributed by atoms with Gasteiger partial charge in [0.1, 0.15) is 0 Å². The van der Waals surface area contributed by atoms with E-state index in [1.165, 1.54) is 10.4 Å². The average Bonchev–Trinajstić information content (AvgIpc) is 3.03. The Morgan fingerprint density at radius 2 is 2.13 bits per heavy atom. The van der Waals surface area contributed by atoms with Crippen molar-refractivity contribution in [3.8, 4) is 0 Å². The summed E-state index contributed by atoms with van der Waals surface area (Å²) in [6, 6.07) is 7.86. The monoisotopic (exact) mass is 326 g/mol. The molecule has 4 nitrogen and oxygen atoms in total. The van der Waals surface area contributed by atoms with Crippen LogP contribution in [0, 0.1) is 0 Å². The highest BCUT2D eigenvalue weighted by atomic mass is 32.1. The van der Waals surface area contributed by atoms with E-state index in [1.54, 1.807) is 11.3 Å². The van der Waals surface area contributed by atoms with Crippen LogP contribution >= 0.6 is 11.3 Å². The first-order chi connectivity index (χ1) is 11.1. The molecule has 4 rings (SSSR count). The lowest BCUT2D eigenvalue weighted by Gasteiger charge is -2.34. The molecule has 0 radical (unpaired) electrons. The van der Waals surface area contributed by atoms with Crippen LogP contribution in [-0.2, 0) is 17.6 Å². The van der Waals surface area contributed by atoms with Gasteiger partial charge in [0.2, 0.25) is 5.91 Å². The van der Waals surface area contributed by atoms with Crippen molar-refractivity contribution in [2.24, 2.45) is 0 Å². The Balaban J connectivity index is 1.61. The van der Waals surface area contributed by atoms with Crippen molar-refractivity contribution in [3.05, 3.63) is 51.2 Å². The van der Waals surface area contributed by atoms with Crippen LogP contribution in [0.15, 0.2) is 29.6 Å². The molecule has 5 heteroatoms. The molecule has 0 saturated heterocycles. The molecular weight excluding hydrogens is 308 g/mol. The fourth-order valence-electron chi connectivity index (χ4n) is 3.47. The number of rotatable bonds is 1. The van der Waals surface area contributed by atoms with Crippen LogP contribution in [0.5, 0.6) is 0 Å². The number of benzene rings is 1. The molecule has 118 valence electrons. The van der Waals surface area contributed by atoms with Gasteiger partial charge in [0.25, 0.3) is 5.91 Å². The molecule has 1 aromatic carbocycles. The largest absolute Gasteiger partial charge is 0.331 e. The van der Waals surface area contributed by atoms with E-state index in [0.717, 1.165) is 24.2 Å². The number of nitrogens with zero attached hydrogens (tertiary/aromatic N) is 1. The van der Waals surface area contributed by atoms with Crippen molar-refractivity contribution in [2.75, 3.05) is 11.9 Å². The second kappa shape index (κ2) is 5.49. The van der Waals surface area contributed by atoms with E-state index in [4.69, 9.17) is 0 Å². The molecule has 2 amide bonds. The molecule has 1 N–H and O–H groups in total. The highest BCUT2D eigenvalue weighted by molar-refractivity contribution is 7.10. The van der Waals surface area contributed by atoms with E-state index < -0.39 is 0 Å². The summed E-state index contributed by atoms with van der Waals surface area (Å²) in [6.45, 7) is 2.86. The molecule has 23 heavy (non-hydrogen) atoms. The minimum absolute atomic E-state index is 0.0474. The van der Waals surface area contributed by atoms with Gasteiger partial charge < -0.3 is 10.2 Å². The Labute approximate surface area is 139 Å². The first-order valence-electron chi connectivity index (χ1n) is 7.93. The summed E-state index contributed by atoms with van der Waals surface area (Å²) < 4.78 is 0. The lowest BCUT2D eigenvalue weighted by Crippen LogP contribution is -2.38. The second-order valence-electron chi connectivity index (χ2n) is 6.14. The molecule has 0 fully saturated rings. The normalized spacial score (nSPS) is 19.8. The maximum absolute atomic E-state index is 12.9. The molecule has 0 aliphatic carbocycles. The van der Waals surface area contributed by atoms with Gasteiger partial charge >= 0.3 is 0 Å². The third-order valence-electron chi connectivity index (χ3n) is 4.79. The minimum atomic E-state index is 0.0474. The van der Waals surface area contributed by atoms with Crippen molar-refractivity contribution in [2.45, 2.75) is 32.2 Å². The number of hydrogen-bond donors (Lipinski definition) is 1. The molecule has 3 heterocycles. The number of carbonyl (C=O) groups excluding carboxylic acids is 2. The van der Waals surface area contributed by atoms with Gasteiger partial charge in [-0.2, -0.15) is 0 Å². The number of hydrogen-bond acceptors (Lipinski definition) is 3. The van der Waals surface area contributed by atoms with Crippen LogP contribution in [0.3, 0.4) is 0 Å². The third-order valence-corrected chi connectivity index (χ3v) is 5.78. The summed E-state index contributed by atoms with van der Waals surface area (Å²) >= 11 is 1.78. The lowest BCUT2D eigenvalue weighted by molar-refractivity contribution is -0.116. The average molecular weight is 326 g/mol. The van der Waals surface area contributed by atoms with Crippen LogP contribution in [0.25, 0.3) is 0 Å². The predicted octanol–water partition coefficient (Wildman–Crippen LogP) is 3.39. The quantitative estimate of drug-likeness (QED) is 0.873. The fraction of sp³-hybridized carbons (Fsp3) is 0.333. The maximum Gasteiger partial charge on any atom is 0.254 e. The molecule has 0 unspecified atom stereocenters. The molecule has 0 spiro atoms. The van der Waals surface area contributed by atoms with E-state index in [1.807, 2.05) is 23.1 Å². The van der Waals surface area contributed by atoms with E-state index in [-0.39, 0.29) is 17.9 Å². The summed E-state index contributed by atoms with van der Waals surface area (Å²) in [6.07, 6.45) is 2.12. The van der Waals surface area contributed by atoms with Gasteiger partial charge in [-0.25, -0.2) is 0 Å². The molecule has 1 atom stereocenters. The van der Waals surface area contributed by atoms with Crippen LogP contribution in [0.1, 0.15) is 45.7 Å². The number of thiophene rings is 1. The summed E-state index contributed by atoms with van der Waals surface area (Å²) in [5.41, 5.74) is 3.88. The Hall–Kier alpha value is -2.14. The van der Waals surface area contributed by atoms with E-state index in [2.05, 4.69) is 23.7 Å². The molecule has 1 aromatic heterocycles. The van der Waals surface area contributed by atoms with Gasteiger partial charge in [0.05, 0.1) is 6.04 Å². The Bertz CT molecular complexity index is 796. The fourth-order valence-corrected chi connectivity index (χ4v) is 4.43. The Morgan fingerprint density at radius 3 is 3.00 bits per heavy atom. The van der Waals surface area contributed by atoms with Crippen molar-refractivity contribution in [1.29, 1.82) is 0 Å².